The van der Waals surface area contributed by atoms with Crippen LogP contribution in [-0.4, -0.2) is 193 Å². The predicted molar refractivity (Wildman–Crippen MR) is 379 cm³/mol. The summed E-state index contributed by atoms with van der Waals surface area (Å²) in [5.74, 6) is -0.284. The Morgan fingerprint density at radius 3 is 1.04 bits per heavy atom. The molecule has 3 aliphatic rings. The van der Waals surface area contributed by atoms with E-state index in [-0.39, 0.29) is 18.9 Å². The first-order valence-corrected chi connectivity index (χ1v) is 39.2. The van der Waals surface area contributed by atoms with E-state index in [4.69, 9.17) is 28.4 Å². The van der Waals surface area contributed by atoms with Gasteiger partial charge in [0.25, 0.3) is 0 Å². The Hall–Kier alpha value is -1.99. The fourth-order valence-electron chi connectivity index (χ4n) is 13.3. The quantitative estimate of drug-likeness (QED) is 0.0199. The maximum absolute atomic E-state index is 13.4. The zero-order valence-corrected chi connectivity index (χ0v) is 60.1. The molecule has 3 aliphatic heterocycles. The number of rotatable bonds is 62. The number of carbonyl (C=O) groups is 1. The van der Waals surface area contributed by atoms with Crippen LogP contribution in [-0.2, 0) is 33.2 Å². The minimum absolute atomic E-state index is 0.236. The number of allylic oxidation sites excluding steroid dienone is 5. The summed E-state index contributed by atoms with van der Waals surface area (Å²) in [4.78, 5) is 13.4. The highest BCUT2D eigenvalue weighted by molar-refractivity contribution is 5.76. The normalized spacial score (nSPS) is 27.2. The number of ether oxygens (including phenoxy) is 6. The molecule has 19 nitrogen and oxygen atoms in total. The number of nitrogens with one attached hydrogen (secondary N) is 1. The smallest absolute Gasteiger partial charge is 0.220 e. The van der Waals surface area contributed by atoms with Crippen LogP contribution >= 0.6 is 0 Å². The van der Waals surface area contributed by atoms with Crippen LogP contribution in [0.15, 0.2) is 36.5 Å². The zero-order chi connectivity index (χ0) is 69.6. The van der Waals surface area contributed by atoms with E-state index in [1.165, 1.54) is 238 Å². The van der Waals surface area contributed by atoms with E-state index in [1.807, 2.05) is 6.08 Å². The summed E-state index contributed by atoms with van der Waals surface area (Å²) in [5, 5.41) is 121. The van der Waals surface area contributed by atoms with E-state index in [0.29, 0.717) is 12.8 Å². The SMILES string of the molecule is CCCCCCCCCC/C=C/CC/C=C/CC/C=C/C(O)C(COC1OC(CO)C(OC2OC(CO)C(OC3OC(CO)C(O)C(O)C3O)C(O)C2O)C(O)C1O)NC(=O)CCCCCCCCCCCCCCCCCCCCCCCCCCCCCCCCCCC. The number of aliphatic hydroxyl groups excluding tert-OH is 11. The lowest BCUT2D eigenvalue weighted by Crippen LogP contribution is -2.66. The molecule has 0 aromatic carbocycles. The minimum atomic E-state index is -1.98. The van der Waals surface area contributed by atoms with Crippen LogP contribution in [0.2, 0.25) is 0 Å². The molecule has 19 heteroatoms. The maximum Gasteiger partial charge on any atom is 0.220 e. The molecule has 17 atom stereocenters. The molecule has 96 heavy (non-hydrogen) atoms. The first-order valence-electron chi connectivity index (χ1n) is 39.2. The van der Waals surface area contributed by atoms with Crippen LogP contribution in [0.5, 0.6) is 0 Å². The van der Waals surface area contributed by atoms with Gasteiger partial charge in [-0.05, 0) is 44.9 Å². The van der Waals surface area contributed by atoms with Crippen molar-refractivity contribution in [1.29, 1.82) is 0 Å². The Kier molecular flexibility index (Phi) is 53.8. The van der Waals surface area contributed by atoms with Crippen LogP contribution in [0.25, 0.3) is 0 Å². The van der Waals surface area contributed by atoms with Gasteiger partial charge in [-0.15, -0.1) is 0 Å². The average Bonchev–Trinajstić information content (AvgIpc) is 0.786. The number of hydrogen-bond acceptors (Lipinski definition) is 18. The largest absolute Gasteiger partial charge is 0.394 e. The van der Waals surface area contributed by atoms with Crippen molar-refractivity contribution < 1.29 is 89.4 Å². The predicted octanol–water partition coefficient (Wildman–Crippen LogP) is 12.3. The summed E-state index contributed by atoms with van der Waals surface area (Å²) in [6, 6.07) is -0.995. The Labute approximate surface area is 581 Å². The summed E-state index contributed by atoms with van der Waals surface area (Å²) in [5.41, 5.74) is 0. The number of carbonyl (C=O) groups excluding carboxylic acids is 1. The molecule has 12 N–H and O–H groups in total. The summed E-state index contributed by atoms with van der Waals surface area (Å²) >= 11 is 0. The maximum atomic E-state index is 13.4. The van der Waals surface area contributed by atoms with Crippen molar-refractivity contribution in [3.05, 3.63) is 36.5 Å². The monoisotopic (exact) mass is 1370 g/mol. The van der Waals surface area contributed by atoms with Crippen LogP contribution in [0, 0.1) is 0 Å². The first kappa shape index (κ1) is 88.2. The highest BCUT2D eigenvalue weighted by atomic mass is 16.8. The van der Waals surface area contributed by atoms with Crippen molar-refractivity contribution in [2.24, 2.45) is 0 Å². The summed E-state index contributed by atoms with van der Waals surface area (Å²) in [6.45, 7) is 1.74. The molecule has 1 amide bonds. The van der Waals surface area contributed by atoms with E-state index in [1.54, 1.807) is 6.08 Å². The highest BCUT2D eigenvalue weighted by Crippen LogP contribution is 2.33. The summed E-state index contributed by atoms with van der Waals surface area (Å²) in [6.07, 6.45) is 44.4. The highest BCUT2D eigenvalue weighted by Gasteiger charge is 2.53. The van der Waals surface area contributed by atoms with Gasteiger partial charge >= 0.3 is 0 Å². The van der Waals surface area contributed by atoms with Crippen molar-refractivity contribution in [3.63, 3.8) is 0 Å². The van der Waals surface area contributed by atoms with E-state index >= 15 is 0 Å². The van der Waals surface area contributed by atoms with Crippen molar-refractivity contribution in [3.8, 4) is 0 Å². The van der Waals surface area contributed by atoms with Gasteiger partial charge in [0.1, 0.15) is 73.2 Å². The Morgan fingerprint density at radius 2 is 0.667 bits per heavy atom. The number of aliphatic hydroxyl groups is 11. The van der Waals surface area contributed by atoms with E-state index in [2.05, 4.69) is 43.5 Å². The molecule has 564 valence electrons. The first-order chi connectivity index (χ1) is 46.8. The van der Waals surface area contributed by atoms with Gasteiger partial charge in [-0.3, -0.25) is 4.79 Å². The lowest BCUT2D eigenvalue weighted by molar-refractivity contribution is -0.379. The van der Waals surface area contributed by atoms with Crippen molar-refractivity contribution in [2.75, 3.05) is 26.4 Å². The van der Waals surface area contributed by atoms with Gasteiger partial charge in [-0.2, -0.15) is 0 Å². The second-order valence-electron chi connectivity index (χ2n) is 28.2. The Balaban J connectivity index is 1.36. The molecule has 0 aromatic rings. The molecule has 0 aliphatic carbocycles. The van der Waals surface area contributed by atoms with Crippen LogP contribution in [0.3, 0.4) is 0 Å². The van der Waals surface area contributed by atoms with Gasteiger partial charge in [-0.25, -0.2) is 0 Å². The van der Waals surface area contributed by atoms with Crippen LogP contribution in [0.1, 0.15) is 316 Å². The minimum Gasteiger partial charge on any atom is -0.394 e. The van der Waals surface area contributed by atoms with Gasteiger partial charge < -0.3 is 89.9 Å². The topological polar surface area (TPSA) is 307 Å². The van der Waals surface area contributed by atoms with Crippen molar-refractivity contribution >= 4 is 5.91 Å². The molecule has 3 fully saturated rings. The van der Waals surface area contributed by atoms with Crippen LogP contribution in [0.4, 0.5) is 0 Å². The number of amides is 1. The number of unbranched alkanes of at least 4 members (excludes halogenated alkanes) is 42. The molecular weight excluding hydrogens is 1230 g/mol. The molecule has 3 heterocycles. The van der Waals surface area contributed by atoms with Gasteiger partial charge in [0.05, 0.1) is 38.6 Å². The van der Waals surface area contributed by atoms with Gasteiger partial charge in [0.15, 0.2) is 18.9 Å². The molecule has 0 saturated carbocycles. The van der Waals surface area contributed by atoms with Crippen molar-refractivity contribution in [1.82, 2.24) is 5.32 Å². The second-order valence-corrected chi connectivity index (χ2v) is 28.2. The average molecular weight is 1370 g/mol. The molecule has 17 unspecified atom stereocenters. The lowest BCUT2D eigenvalue weighted by atomic mass is 9.96. The molecular formula is C77H143NO18. The number of hydrogen-bond donors (Lipinski definition) is 12. The van der Waals surface area contributed by atoms with Crippen molar-refractivity contribution in [2.45, 2.75) is 420 Å². The fourth-order valence-corrected chi connectivity index (χ4v) is 13.3. The molecule has 3 rings (SSSR count). The second kappa shape index (κ2) is 58.5. The molecule has 0 spiro atoms. The van der Waals surface area contributed by atoms with Gasteiger partial charge in [0, 0.05) is 6.42 Å². The fraction of sp³-hybridized carbons (Fsp3) is 0.909. The van der Waals surface area contributed by atoms with E-state index in [9.17, 15) is 61.0 Å². The van der Waals surface area contributed by atoms with E-state index in [0.717, 1.165) is 44.9 Å². The third-order valence-electron chi connectivity index (χ3n) is 19.7. The summed E-state index contributed by atoms with van der Waals surface area (Å²) in [7, 11) is 0. The van der Waals surface area contributed by atoms with Gasteiger partial charge in [0.2, 0.25) is 5.91 Å². The standard InChI is InChI=1S/C77H143NO18/c1-3-5-7-9-11-13-15-17-19-21-23-24-25-26-27-28-29-30-31-32-33-34-35-36-37-39-41-43-45-47-49-51-53-55-65(83)78-60(61(82)54-52-50-48-46-44-42-40-38-22-20-18-16-14-12-10-8-6-4-2)59-91-75-71(89)68(86)73(63(57-80)93-75)96-77-72(90)69(87)74(64(58-81)94-77)95-76-70(88)67(85)66(84)62(56-79)92-76/h22,38,44,46,52,54,60-64,66-77,79-82,84-90H,3-21,23-37,39-43,45,47-51,53,55-59H2,1-2H3,(H,78,83)/b38-22+,46-44+,54-52+. The molecule has 3 saturated heterocycles. The van der Waals surface area contributed by atoms with E-state index < -0.39 is 124 Å². The zero-order valence-electron chi connectivity index (χ0n) is 60.1. The lowest BCUT2D eigenvalue weighted by Gasteiger charge is -2.48. The molecule has 0 aromatic heterocycles. The van der Waals surface area contributed by atoms with Crippen LogP contribution < -0.4 is 5.32 Å². The molecule has 0 bridgehead atoms. The Morgan fingerprint density at radius 1 is 0.365 bits per heavy atom. The third kappa shape index (κ3) is 38.9. The summed E-state index contributed by atoms with van der Waals surface area (Å²) < 4.78 is 34.4. The molecule has 0 radical (unpaired) electrons. The third-order valence-corrected chi connectivity index (χ3v) is 19.7. The Bertz CT molecular complexity index is 1880. The van der Waals surface area contributed by atoms with Gasteiger partial charge in [-0.1, -0.05) is 301 Å².